The standard InChI is InChI=1S/C17H18FNO3/c1-17(2,3)12-5-7-13(8-6-12)22-15-9-4-11(10-14(15)18)16(20)19-21/h4-10,21H,1-3H3,(H,19,20). The summed E-state index contributed by atoms with van der Waals surface area (Å²) < 4.78 is 19.4. The van der Waals surface area contributed by atoms with Gasteiger partial charge in [0.05, 0.1) is 0 Å². The lowest BCUT2D eigenvalue weighted by molar-refractivity contribution is 0.0706. The average molecular weight is 303 g/mol. The molecule has 2 rings (SSSR count). The molecule has 0 spiro atoms. The van der Waals surface area contributed by atoms with Crippen LogP contribution in [0.4, 0.5) is 4.39 Å². The molecule has 0 saturated carbocycles. The molecule has 4 nitrogen and oxygen atoms in total. The molecule has 2 N–H and O–H groups in total. The van der Waals surface area contributed by atoms with Crippen molar-refractivity contribution in [3.63, 3.8) is 0 Å². The highest BCUT2D eigenvalue weighted by molar-refractivity contribution is 5.93. The Balaban J connectivity index is 2.19. The fourth-order valence-corrected chi connectivity index (χ4v) is 1.94. The first-order chi connectivity index (χ1) is 10.3. The Morgan fingerprint density at radius 2 is 1.77 bits per heavy atom. The topological polar surface area (TPSA) is 58.6 Å². The number of carbonyl (C=O) groups excluding carboxylic acids is 1. The largest absolute Gasteiger partial charge is 0.454 e. The summed E-state index contributed by atoms with van der Waals surface area (Å²) in [4.78, 5) is 11.2. The molecule has 2 aromatic carbocycles. The number of halogens is 1. The van der Waals surface area contributed by atoms with Crippen molar-refractivity contribution < 1.29 is 19.1 Å². The number of hydroxylamine groups is 1. The van der Waals surface area contributed by atoms with E-state index in [0.717, 1.165) is 11.6 Å². The zero-order chi connectivity index (χ0) is 16.3. The first kappa shape index (κ1) is 16.0. The van der Waals surface area contributed by atoms with Gasteiger partial charge in [-0.25, -0.2) is 9.87 Å². The van der Waals surface area contributed by atoms with Crippen LogP contribution in [0.1, 0.15) is 36.7 Å². The van der Waals surface area contributed by atoms with Crippen molar-refractivity contribution in [2.75, 3.05) is 0 Å². The Hall–Kier alpha value is -2.40. The number of nitrogens with one attached hydrogen (secondary N) is 1. The molecule has 2 aromatic rings. The normalized spacial score (nSPS) is 11.1. The minimum Gasteiger partial charge on any atom is -0.454 e. The van der Waals surface area contributed by atoms with E-state index >= 15 is 0 Å². The molecule has 116 valence electrons. The van der Waals surface area contributed by atoms with Crippen molar-refractivity contribution >= 4 is 5.91 Å². The van der Waals surface area contributed by atoms with Gasteiger partial charge in [-0.15, -0.1) is 0 Å². The smallest absolute Gasteiger partial charge is 0.274 e. The highest BCUT2D eigenvalue weighted by Gasteiger charge is 2.14. The van der Waals surface area contributed by atoms with E-state index in [-0.39, 0.29) is 16.7 Å². The van der Waals surface area contributed by atoms with Crippen molar-refractivity contribution in [1.82, 2.24) is 5.48 Å². The van der Waals surface area contributed by atoms with Gasteiger partial charge in [0.25, 0.3) is 5.91 Å². The van der Waals surface area contributed by atoms with E-state index in [9.17, 15) is 9.18 Å². The van der Waals surface area contributed by atoms with Crippen molar-refractivity contribution in [2.45, 2.75) is 26.2 Å². The van der Waals surface area contributed by atoms with Crippen molar-refractivity contribution in [3.05, 3.63) is 59.4 Å². The van der Waals surface area contributed by atoms with Gasteiger partial charge in [0.2, 0.25) is 0 Å². The fraction of sp³-hybridized carbons (Fsp3) is 0.235. The number of benzene rings is 2. The highest BCUT2D eigenvalue weighted by Crippen LogP contribution is 2.28. The van der Waals surface area contributed by atoms with Crippen molar-refractivity contribution in [3.8, 4) is 11.5 Å². The minimum atomic E-state index is -0.778. The molecule has 0 aromatic heterocycles. The van der Waals surface area contributed by atoms with Crippen LogP contribution in [0.25, 0.3) is 0 Å². The highest BCUT2D eigenvalue weighted by atomic mass is 19.1. The molecular formula is C17H18FNO3. The zero-order valence-corrected chi connectivity index (χ0v) is 12.7. The molecule has 0 aliphatic rings. The molecular weight excluding hydrogens is 285 g/mol. The molecule has 0 fully saturated rings. The molecule has 0 heterocycles. The second kappa shape index (κ2) is 6.15. The summed E-state index contributed by atoms with van der Waals surface area (Å²) in [5, 5.41) is 8.52. The number of hydrogen-bond acceptors (Lipinski definition) is 3. The second-order valence-corrected chi connectivity index (χ2v) is 5.96. The van der Waals surface area contributed by atoms with Gasteiger partial charge < -0.3 is 4.74 Å². The maximum Gasteiger partial charge on any atom is 0.274 e. The lowest BCUT2D eigenvalue weighted by atomic mass is 9.87. The Labute approximate surface area is 128 Å². The molecule has 0 aliphatic carbocycles. The third-order valence-electron chi connectivity index (χ3n) is 3.24. The molecule has 0 unspecified atom stereocenters. The minimum absolute atomic E-state index is 0.00966. The number of rotatable bonds is 3. The maximum absolute atomic E-state index is 13.9. The van der Waals surface area contributed by atoms with E-state index in [1.807, 2.05) is 12.1 Å². The molecule has 0 radical (unpaired) electrons. The summed E-state index contributed by atoms with van der Waals surface area (Å²) >= 11 is 0. The van der Waals surface area contributed by atoms with E-state index in [1.54, 1.807) is 12.1 Å². The van der Waals surface area contributed by atoms with Crippen molar-refractivity contribution in [1.29, 1.82) is 0 Å². The molecule has 0 atom stereocenters. The molecule has 22 heavy (non-hydrogen) atoms. The van der Waals surface area contributed by atoms with Gasteiger partial charge in [-0.3, -0.25) is 10.0 Å². The van der Waals surface area contributed by atoms with Gasteiger partial charge in [0, 0.05) is 5.56 Å². The SMILES string of the molecule is CC(C)(C)c1ccc(Oc2ccc(C(=O)NO)cc2F)cc1. The van der Waals surface area contributed by atoms with Gasteiger partial charge in [-0.2, -0.15) is 0 Å². The lowest BCUT2D eigenvalue weighted by Crippen LogP contribution is -2.18. The Morgan fingerprint density at radius 1 is 1.14 bits per heavy atom. The van der Waals surface area contributed by atoms with Crippen LogP contribution in [-0.2, 0) is 5.41 Å². The van der Waals surface area contributed by atoms with Crippen LogP contribution in [0, 0.1) is 5.82 Å². The van der Waals surface area contributed by atoms with Gasteiger partial charge in [0.1, 0.15) is 5.75 Å². The van der Waals surface area contributed by atoms with E-state index in [2.05, 4.69) is 20.8 Å². The summed E-state index contributed by atoms with van der Waals surface area (Å²) in [6, 6.07) is 11.1. The Morgan fingerprint density at radius 3 is 2.27 bits per heavy atom. The van der Waals surface area contributed by atoms with Crippen LogP contribution in [0.5, 0.6) is 11.5 Å². The quantitative estimate of drug-likeness (QED) is 0.664. The van der Waals surface area contributed by atoms with Crippen LogP contribution >= 0.6 is 0 Å². The molecule has 5 heteroatoms. The summed E-state index contributed by atoms with van der Waals surface area (Å²) in [5.74, 6) is -0.940. The monoisotopic (exact) mass is 303 g/mol. The van der Waals surface area contributed by atoms with Crippen molar-refractivity contribution in [2.24, 2.45) is 0 Å². The predicted molar refractivity (Wildman–Crippen MR) is 80.9 cm³/mol. The summed E-state index contributed by atoms with van der Waals surface area (Å²) in [6.45, 7) is 6.31. The van der Waals surface area contributed by atoms with Crippen LogP contribution < -0.4 is 10.2 Å². The maximum atomic E-state index is 13.9. The van der Waals surface area contributed by atoms with E-state index in [0.29, 0.717) is 5.75 Å². The third-order valence-corrected chi connectivity index (χ3v) is 3.24. The molecule has 0 bridgehead atoms. The Bertz CT molecular complexity index is 675. The number of hydrogen-bond donors (Lipinski definition) is 2. The van der Waals surface area contributed by atoms with E-state index in [1.165, 1.54) is 17.6 Å². The van der Waals surface area contributed by atoms with Gasteiger partial charge in [-0.05, 0) is 41.3 Å². The summed E-state index contributed by atoms with van der Waals surface area (Å²) in [5.41, 5.74) is 2.64. The predicted octanol–water partition coefficient (Wildman–Crippen LogP) is 4.03. The summed E-state index contributed by atoms with van der Waals surface area (Å²) in [7, 11) is 0. The second-order valence-electron chi connectivity index (χ2n) is 5.96. The van der Waals surface area contributed by atoms with Crippen LogP contribution in [0.3, 0.4) is 0 Å². The molecule has 1 amide bonds. The van der Waals surface area contributed by atoms with Gasteiger partial charge in [-0.1, -0.05) is 32.9 Å². The zero-order valence-electron chi connectivity index (χ0n) is 12.7. The van der Waals surface area contributed by atoms with E-state index in [4.69, 9.17) is 9.94 Å². The first-order valence-electron chi connectivity index (χ1n) is 6.83. The lowest BCUT2D eigenvalue weighted by Gasteiger charge is -2.19. The van der Waals surface area contributed by atoms with E-state index < -0.39 is 11.7 Å². The summed E-state index contributed by atoms with van der Waals surface area (Å²) in [6.07, 6.45) is 0. The number of amides is 1. The Kier molecular flexibility index (Phi) is 4.47. The van der Waals surface area contributed by atoms with Crippen LogP contribution in [0.2, 0.25) is 0 Å². The van der Waals surface area contributed by atoms with Crippen LogP contribution in [-0.4, -0.2) is 11.1 Å². The number of carbonyl (C=O) groups is 1. The first-order valence-corrected chi connectivity index (χ1v) is 6.83. The number of ether oxygens (including phenoxy) is 1. The van der Waals surface area contributed by atoms with Gasteiger partial charge in [0.15, 0.2) is 11.6 Å². The average Bonchev–Trinajstić information content (AvgIpc) is 2.48. The third kappa shape index (κ3) is 3.62. The van der Waals surface area contributed by atoms with Gasteiger partial charge >= 0.3 is 0 Å². The molecule has 0 aliphatic heterocycles. The fourth-order valence-electron chi connectivity index (χ4n) is 1.94. The molecule has 0 saturated heterocycles. The van der Waals surface area contributed by atoms with Crippen LogP contribution in [0.15, 0.2) is 42.5 Å².